The van der Waals surface area contributed by atoms with E-state index in [1.165, 1.54) is 0 Å². The number of hydrogen-bond acceptors (Lipinski definition) is 6. The van der Waals surface area contributed by atoms with Gasteiger partial charge in [-0.25, -0.2) is 14.5 Å². The third kappa shape index (κ3) is 5.50. The summed E-state index contributed by atoms with van der Waals surface area (Å²) in [5.41, 5.74) is 5.49. The Balaban J connectivity index is 1.84. The SMILES string of the molecule is Cc1c(C)c(C)c(C(=O)OOOC(=O)OC2CCC(C(C)(C)C)CC2)c(C)c1C. The Labute approximate surface area is 173 Å². The molecule has 6 heteroatoms. The van der Waals surface area contributed by atoms with E-state index in [0.29, 0.717) is 11.5 Å². The summed E-state index contributed by atoms with van der Waals surface area (Å²) in [6.07, 6.45) is 2.38. The Morgan fingerprint density at radius 1 is 0.759 bits per heavy atom. The molecule has 1 saturated carbocycles. The first kappa shape index (κ1) is 23.2. The quantitative estimate of drug-likeness (QED) is 0.347. The normalized spacial score (nSPS) is 19.6. The van der Waals surface area contributed by atoms with Crippen LogP contribution in [-0.2, 0) is 19.6 Å². The van der Waals surface area contributed by atoms with Gasteiger partial charge in [0.15, 0.2) is 0 Å². The molecule has 0 aliphatic heterocycles. The smallest absolute Gasteiger partial charge is 0.429 e. The van der Waals surface area contributed by atoms with Gasteiger partial charge in [0.2, 0.25) is 0 Å². The molecule has 0 bridgehead atoms. The fourth-order valence-electron chi connectivity index (χ4n) is 4.13. The fraction of sp³-hybridized carbons (Fsp3) is 0.652. The van der Waals surface area contributed by atoms with Gasteiger partial charge in [0.25, 0.3) is 0 Å². The van der Waals surface area contributed by atoms with Gasteiger partial charge in [0.05, 0.1) is 10.6 Å². The van der Waals surface area contributed by atoms with Gasteiger partial charge >= 0.3 is 12.1 Å². The zero-order valence-electron chi connectivity index (χ0n) is 18.9. The summed E-state index contributed by atoms with van der Waals surface area (Å²) in [6, 6.07) is 0. The Hall–Kier alpha value is -2.08. The van der Waals surface area contributed by atoms with Crippen LogP contribution < -0.4 is 0 Å². The summed E-state index contributed by atoms with van der Waals surface area (Å²) >= 11 is 0. The van der Waals surface area contributed by atoms with Crippen LogP contribution in [0.5, 0.6) is 0 Å². The minimum Gasteiger partial charge on any atom is -0.429 e. The van der Waals surface area contributed by atoms with Crippen molar-refractivity contribution in [2.75, 3.05) is 0 Å². The first-order valence-electron chi connectivity index (χ1n) is 10.3. The largest absolute Gasteiger partial charge is 0.543 e. The molecule has 1 aromatic carbocycles. The van der Waals surface area contributed by atoms with Crippen molar-refractivity contribution in [3.8, 4) is 0 Å². The van der Waals surface area contributed by atoms with E-state index < -0.39 is 12.1 Å². The minimum absolute atomic E-state index is 0.202. The van der Waals surface area contributed by atoms with E-state index in [0.717, 1.165) is 53.5 Å². The third-order valence-corrected chi connectivity index (χ3v) is 6.58. The number of benzene rings is 1. The predicted molar refractivity (Wildman–Crippen MR) is 109 cm³/mol. The first-order valence-corrected chi connectivity index (χ1v) is 10.3. The average molecular weight is 407 g/mol. The second-order valence-electron chi connectivity index (χ2n) is 9.23. The second kappa shape index (κ2) is 9.16. The lowest BCUT2D eigenvalue weighted by Crippen LogP contribution is -2.30. The van der Waals surface area contributed by atoms with Crippen LogP contribution >= 0.6 is 0 Å². The van der Waals surface area contributed by atoms with Crippen molar-refractivity contribution >= 4 is 12.1 Å². The topological polar surface area (TPSA) is 71.1 Å². The van der Waals surface area contributed by atoms with Crippen LogP contribution in [0.3, 0.4) is 0 Å². The van der Waals surface area contributed by atoms with E-state index in [9.17, 15) is 9.59 Å². The van der Waals surface area contributed by atoms with Gasteiger partial charge in [-0.1, -0.05) is 20.8 Å². The van der Waals surface area contributed by atoms with Crippen molar-refractivity contribution in [2.45, 2.75) is 87.2 Å². The van der Waals surface area contributed by atoms with Crippen LogP contribution in [0.1, 0.15) is 84.6 Å². The number of ether oxygens (including phenoxy) is 1. The number of carbonyl (C=O) groups excluding carboxylic acids is 2. The van der Waals surface area contributed by atoms with Gasteiger partial charge in [-0.3, -0.25) is 4.89 Å². The molecule has 2 rings (SSSR count). The Kier molecular flexibility index (Phi) is 7.33. The molecule has 1 fully saturated rings. The molecule has 0 amide bonds. The standard InChI is InChI=1S/C23H34O6/c1-13-14(2)16(4)20(17(5)15(13)3)21(24)27-29-28-22(25)26-19-11-9-18(10-12-19)23(6,7)8/h18-19H,9-12H2,1-8H3. The molecule has 0 unspecified atom stereocenters. The summed E-state index contributed by atoms with van der Waals surface area (Å²) in [6.45, 7) is 16.3. The summed E-state index contributed by atoms with van der Waals surface area (Å²) in [4.78, 5) is 33.4. The molecule has 6 nitrogen and oxygen atoms in total. The average Bonchev–Trinajstić information content (AvgIpc) is 2.64. The number of rotatable bonds is 4. The van der Waals surface area contributed by atoms with Crippen LogP contribution in [0, 0.1) is 46.0 Å². The van der Waals surface area contributed by atoms with Crippen LogP contribution in [0.4, 0.5) is 4.79 Å². The third-order valence-electron chi connectivity index (χ3n) is 6.58. The van der Waals surface area contributed by atoms with Crippen LogP contribution in [0.15, 0.2) is 0 Å². The Morgan fingerprint density at radius 3 is 1.72 bits per heavy atom. The highest BCUT2D eigenvalue weighted by Gasteiger charge is 2.31. The Morgan fingerprint density at radius 2 is 1.24 bits per heavy atom. The molecular weight excluding hydrogens is 372 g/mol. The van der Waals surface area contributed by atoms with Crippen molar-refractivity contribution in [3.05, 3.63) is 33.4 Å². The van der Waals surface area contributed by atoms with E-state index in [2.05, 4.69) is 30.7 Å². The molecule has 0 heterocycles. The summed E-state index contributed by atoms with van der Waals surface area (Å²) < 4.78 is 5.26. The van der Waals surface area contributed by atoms with Crippen LogP contribution in [-0.4, -0.2) is 18.2 Å². The fourth-order valence-corrected chi connectivity index (χ4v) is 4.13. The molecule has 0 atom stereocenters. The van der Waals surface area contributed by atoms with Gasteiger partial charge in [0, 0.05) is 0 Å². The van der Waals surface area contributed by atoms with Crippen molar-refractivity contribution < 1.29 is 29.1 Å². The van der Waals surface area contributed by atoms with E-state index in [-0.39, 0.29) is 11.5 Å². The zero-order valence-corrected chi connectivity index (χ0v) is 18.9. The van der Waals surface area contributed by atoms with E-state index in [1.54, 1.807) is 0 Å². The highest BCUT2D eigenvalue weighted by atomic mass is 17.5. The van der Waals surface area contributed by atoms with Crippen molar-refractivity contribution in [1.82, 2.24) is 0 Å². The molecule has 29 heavy (non-hydrogen) atoms. The van der Waals surface area contributed by atoms with Gasteiger partial charge in [-0.15, -0.1) is 0 Å². The highest BCUT2D eigenvalue weighted by molar-refractivity contribution is 5.93. The first-order chi connectivity index (χ1) is 13.4. The lowest BCUT2D eigenvalue weighted by molar-refractivity contribution is -0.453. The molecule has 1 aromatic rings. The van der Waals surface area contributed by atoms with Gasteiger partial charge in [-0.2, -0.15) is 0 Å². The molecule has 0 spiro atoms. The van der Waals surface area contributed by atoms with Crippen molar-refractivity contribution in [1.29, 1.82) is 0 Å². The van der Waals surface area contributed by atoms with Crippen LogP contribution in [0.2, 0.25) is 0 Å². The van der Waals surface area contributed by atoms with Gasteiger partial charge < -0.3 is 4.74 Å². The predicted octanol–water partition coefficient (Wildman–Crippen LogP) is 5.99. The molecule has 1 aliphatic carbocycles. The summed E-state index contributed by atoms with van der Waals surface area (Å²) in [5, 5.41) is 4.42. The minimum atomic E-state index is -0.998. The maximum atomic E-state index is 12.4. The lowest BCUT2D eigenvalue weighted by Gasteiger charge is -2.36. The number of hydrogen-bond donors (Lipinski definition) is 0. The molecule has 0 aromatic heterocycles. The second-order valence-corrected chi connectivity index (χ2v) is 9.23. The molecule has 162 valence electrons. The molecule has 0 saturated heterocycles. The van der Waals surface area contributed by atoms with Crippen molar-refractivity contribution in [2.24, 2.45) is 11.3 Å². The lowest BCUT2D eigenvalue weighted by atomic mass is 9.72. The molecule has 0 N–H and O–H groups in total. The van der Waals surface area contributed by atoms with E-state index >= 15 is 0 Å². The maximum Gasteiger partial charge on any atom is 0.543 e. The van der Waals surface area contributed by atoms with E-state index in [4.69, 9.17) is 9.62 Å². The van der Waals surface area contributed by atoms with E-state index in [1.807, 2.05) is 34.6 Å². The molecule has 0 radical (unpaired) electrons. The summed E-state index contributed by atoms with van der Waals surface area (Å²) in [5.74, 6) is -0.0897. The monoisotopic (exact) mass is 406 g/mol. The molecule has 1 aliphatic rings. The van der Waals surface area contributed by atoms with Crippen molar-refractivity contribution in [3.63, 3.8) is 0 Å². The number of carbonyl (C=O) groups is 2. The van der Waals surface area contributed by atoms with Gasteiger partial charge in [-0.05, 0) is 99.5 Å². The van der Waals surface area contributed by atoms with Crippen LogP contribution in [0.25, 0.3) is 0 Å². The zero-order chi connectivity index (χ0) is 21.9. The van der Waals surface area contributed by atoms with Gasteiger partial charge in [0.1, 0.15) is 6.10 Å². The summed E-state index contributed by atoms with van der Waals surface area (Å²) in [7, 11) is 0. The highest BCUT2D eigenvalue weighted by Crippen LogP contribution is 2.38. The Bertz CT molecular complexity index is 738. The molecular formula is C23H34O6. The maximum absolute atomic E-state index is 12.4.